The summed E-state index contributed by atoms with van der Waals surface area (Å²) in [7, 11) is 0. The Morgan fingerprint density at radius 2 is 1.83 bits per heavy atom. The third kappa shape index (κ3) is 6.70. The fourth-order valence-electron chi connectivity index (χ4n) is 4.46. The molecule has 3 N–H and O–H groups in total. The van der Waals surface area contributed by atoms with Crippen LogP contribution in [-0.4, -0.2) is 77.6 Å². The quantitative estimate of drug-likeness (QED) is 0.290. The summed E-state index contributed by atoms with van der Waals surface area (Å²) >= 11 is 5.95. The second-order valence-corrected chi connectivity index (χ2v) is 9.79. The van der Waals surface area contributed by atoms with E-state index in [1.807, 2.05) is 0 Å². The van der Waals surface area contributed by atoms with E-state index in [1.54, 1.807) is 36.4 Å². The molecule has 0 bridgehead atoms. The maximum atomic E-state index is 13.9. The van der Waals surface area contributed by atoms with Gasteiger partial charge >= 0.3 is 0 Å². The van der Waals surface area contributed by atoms with Crippen LogP contribution >= 0.6 is 11.6 Å². The summed E-state index contributed by atoms with van der Waals surface area (Å²) in [5.41, 5.74) is 0.698. The number of ketones is 1. The number of oxazole rings is 1. The first kappa shape index (κ1) is 30.1. The van der Waals surface area contributed by atoms with E-state index in [9.17, 15) is 33.9 Å². The van der Waals surface area contributed by atoms with Gasteiger partial charge in [0, 0.05) is 17.0 Å². The lowest BCUT2D eigenvalue weighted by Gasteiger charge is -2.25. The molecule has 2 atom stereocenters. The van der Waals surface area contributed by atoms with Crippen LogP contribution in [0.3, 0.4) is 0 Å². The second kappa shape index (κ2) is 13.2. The summed E-state index contributed by atoms with van der Waals surface area (Å²) in [5.74, 6) is -3.29. The van der Waals surface area contributed by atoms with Gasteiger partial charge in [-0.3, -0.25) is 28.9 Å². The summed E-state index contributed by atoms with van der Waals surface area (Å²) in [5, 5.41) is 15.1. The molecule has 42 heavy (non-hydrogen) atoms. The number of benzene rings is 2. The normalized spacial score (nSPS) is 15.3. The van der Waals surface area contributed by atoms with E-state index in [0.29, 0.717) is 16.9 Å². The van der Waals surface area contributed by atoms with E-state index < -0.39 is 48.9 Å². The van der Waals surface area contributed by atoms with E-state index in [2.05, 4.69) is 15.6 Å². The van der Waals surface area contributed by atoms with E-state index >= 15 is 0 Å². The highest BCUT2D eigenvalue weighted by atomic mass is 35.5. The lowest BCUT2D eigenvalue weighted by molar-refractivity contribution is -0.127. The number of anilines is 2. The Labute approximate surface area is 244 Å². The van der Waals surface area contributed by atoms with Crippen molar-refractivity contribution in [3.8, 4) is 11.3 Å². The number of hydrogen-bond donors (Lipinski definition) is 3. The minimum Gasteiger partial charge on any atom is -0.443 e. The average Bonchev–Trinajstić information content (AvgIpc) is 3.43. The van der Waals surface area contributed by atoms with E-state index in [1.165, 1.54) is 19.1 Å². The number of fused-ring (bicyclic) bond motifs is 1. The smallest absolute Gasteiger partial charge is 0.274 e. The van der Waals surface area contributed by atoms with Crippen molar-refractivity contribution in [3.63, 3.8) is 0 Å². The lowest BCUT2D eigenvalue weighted by Crippen LogP contribution is -2.55. The molecule has 0 spiro atoms. The maximum absolute atomic E-state index is 13.9. The number of aliphatic hydroxyl groups is 1. The number of hydrogen-bond acceptors (Lipinski definition) is 9. The van der Waals surface area contributed by atoms with Gasteiger partial charge in [0.15, 0.2) is 17.8 Å². The first-order chi connectivity index (χ1) is 20.1. The molecule has 3 aromatic rings. The average molecular weight is 596 g/mol. The number of halogens is 1. The summed E-state index contributed by atoms with van der Waals surface area (Å²) < 4.78 is 5.42. The van der Waals surface area contributed by atoms with Gasteiger partial charge in [-0.25, -0.2) is 4.98 Å². The zero-order valence-corrected chi connectivity index (χ0v) is 23.0. The minimum absolute atomic E-state index is 0.110. The number of Topliss-reactive ketones (excluding diaryl/α,β-unsaturated/α-hetero) is 1. The molecular formula is C28H26ClN5O8. The van der Waals surface area contributed by atoms with Crippen LogP contribution in [0.5, 0.6) is 0 Å². The van der Waals surface area contributed by atoms with Crippen molar-refractivity contribution in [1.29, 1.82) is 0 Å². The third-order valence-electron chi connectivity index (χ3n) is 6.34. The van der Waals surface area contributed by atoms with Crippen molar-refractivity contribution in [1.82, 2.24) is 15.6 Å². The maximum Gasteiger partial charge on any atom is 0.274 e. The Kier molecular flexibility index (Phi) is 9.45. The van der Waals surface area contributed by atoms with Crippen molar-refractivity contribution in [2.45, 2.75) is 25.4 Å². The SMILES string of the molecule is CC(=O)C[C@@H](C=O)NC(=O)CN1C(=O)[C@@H](NC(=O)c2ncoc2-c2ccc(Cl)cc2)CN(C(=O)CO)c2ccccc21. The molecule has 4 amide bonds. The molecule has 14 heteroatoms. The molecule has 2 heterocycles. The number of para-hydroxylation sites is 2. The molecule has 1 aliphatic rings. The van der Waals surface area contributed by atoms with Crippen molar-refractivity contribution in [2.75, 3.05) is 29.5 Å². The molecule has 13 nitrogen and oxygen atoms in total. The Bertz CT molecular complexity index is 1520. The number of aromatic nitrogens is 1. The molecule has 0 radical (unpaired) electrons. The number of carbonyl (C=O) groups excluding carboxylic acids is 6. The van der Waals surface area contributed by atoms with Gasteiger partial charge in [-0.15, -0.1) is 0 Å². The number of rotatable bonds is 10. The van der Waals surface area contributed by atoms with Gasteiger partial charge in [-0.1, -0.05) is 23.7 Å². The van der Waals surface area contributed by atoms with E-state index in [-0.39, 0.29) is 41.6 Å². The van der Waals surface area contributed by atoms with Gasteiger partial charge in [0.25, 0.3) is 17.7 Å². The van der Waals surface area contributed by atoms with Crippen molar-refractivity contribution in [3.05, 3.63) is 65.6 Å². The number of amides is 4. The molecule has 218 valence electrons. The Balaban J connectivity index is 1.67. The summed E-state index contributed by atoms with van der Waals surface area (Å²) in [6.07, 6.45) is 1.25. The van der Waals surface area contributed by atoms with Crippen molar-refractivity contribution >= 4 is 58.7 Å². The van der Waals surface area contributed by atoms with E-state index in [4.69, 9.17) is 16.0 Å². The van der Waals surface area contributed by atoms with Crippen LogP contribution in [0, 0.1) is 0 Å². The lowest BCUT2D eigenvalue weighted by atomic mass is 10.1. The van der Waals surface area contributed by atoms with Crippen LogP contribution in [0.1, 0.15) is 23.8 Å². The molecule has 0 fully saturated rings. The molecule has 2 aromatic carbocycles. The predicted molar refractivity (Wildman–Crippen MR) is 150 cm³/mol. The number of aliphatic hydroxyl groups excluding tert-OH is 1. The van der Waals surface area contributed by atoms with Crippen molar-refractivity contribution < 1.29 is 38.3 Å². The number of carbonyl (C=O) groups is 6. The van der Waals surface area contributed by atoms with Crippen LogP contribution in [0.2, 0.25) is 5.02 Å². The number of aldehydes is 1. The molecule has 0 saturated heterocycles. The Hall–Kier alpha value is -4.88. The first-order valence-electron chi connectivity index (χ1n) is 12.7. The molecular weight excluding hydrogens is 570 g/mol. The Morgan fingerprint density at radius 3 is 2.48 bits per heavy atom. The summed E-state index contributed by atoms with van der Waals surface area (Å²) in [4.78, 5) is 82.0. The largest absolute Gasteiger partial charge is 0.443 e. The highest BCUT2D eigenvalue weighted by molar-refractivity contribution is 6.30. The summed E-state index contributed by atoms with van der Waals surface area (Å²) in [6, 6.07) is 10.1. The zero-order chi connectivity index (χ0) is 30.4. The molecule has 1 aromatic heterocycles. The molecule has 0 aliphatic carbocycles. The highest BCUT2D eigenvalue weighted by Crippen LogP contribution is 2.33. The van der Waals surface area contributed by atoms with Crippen LogP contribution in [-0.2, 0) is 24.0 Å². The monoisotopic (exact) mass is 595 g/mol. The standard InChI is InChI=1S/C28H26ClN5O8/c1-16(37)10-19(13-35)31-23(38)12-34-22-5-3-2-4-21(22)33(24(39)14-36)11-20(28(34)41)32-27(40)25-26(42-15-30-25)17-6-8-18(29)9-7-17/h2-9,13,15,19-20,36H,10-12,14H2,1H3,(H,31,38)(H,32,40)/t19-,20-/m0/s1. The van der Waals surface area contributed by atoms with Crippen molar-refractivity contribution in [2.24, 2.45) is 0 Å². The topological polar surface area (TPSA) is 179 Å². The van der Waals surface area contributed by atoms with Crippen LogP contribution < -0.4 is 20.4 Å². The van der Waals surface area contributed by atoms with Crippen LogP contribution in [0.4, 0.5) is 11.4 Å². The molecule has 1 aliphatic heterocycles. The van der Waals surface area contributed by atoms with Gasteiger partial charge in [0.2, 0.25) is 5.91 Å². The predicted octanol–water partition coefficient (Wildman–Crippen LogP) is 1.13. The van der Waals surface area contributed by atoms with Gasteiger partial charge < -0.3 is 29.9 Å². The van der Waals surface area contributed by atoms with Gasteiger partial charge in [-0.2, -0.15) is 0 Å². The zero-order valence-electron chi connectivity index (χ0n) is 22.3. The van der Waals surface area contributed by atoms with Gasteiger partial charge in [0.05, 0.1) is 24.0 Å². The molecule has 4 rings (SSSR count). The molecule has 0 saturated carbocycles. The molecule has 0 unspecified atom stereocenters. The number of nitrogens with zero attached hydrogens (tertiary/aromatic N) is 3. The second-order valence-electron chi connectivity index (χ2n) is 9.35. The fourth-order valence-corrected chi connectivity index (χ4v) is 4.58. The number of nitrogens with one attached hydrogen (secondary N) is 2. The minimum atomic E-state index is -1.40. The van der Waals surface area contributed by atoms with Gasteiger partial charge in [0.1, 0.15) is 31.3 Å². The Morgan fingerprint density at radius 1 is 1.14 bits per heavy atom. The third-order valence-corrected chi connectivity index (χ3v) is 6.59. The van der Waals surface area contributed by atoms with Crippen LogP contribution in [0.25, 0.3) is 11.3 Å². The van der Waals surface area contributed by atoms with Crippen LogP contribution in [0.15, 0.2) is 59.3 Å². The summed E-state index contributed by atoms with van der Waals surface area (Å²) in [6.45, 7) is -0.607. The first-order valence-corrected chi connectivity index (χ1v) is 13.1. The highest BCUT2D eigenvalue weighted by Gasteiger charge is 2.38. The fraction of sp³-hybridized carbons (Fsp3) is 0.250. The van der Waals surface area contributed by atoms with E-state index in [0.717, 1.165) is 16.2 Å². The van der Waals surface area contributed by atoms with Gasteiger partial charge in [-0.05, 0) is 43.3 Å².